The quantitative estimate of drug-likeness (QED) is 0.589. The van der Waals surface area contributed by atoms with Crippen LogP contribution < -0.4 is 0 Å². The standard InChI is InChI=1S/C16H26N2O3/c1-5-16(9-20-10-16)8-12-6-7-13(18(12)11-17)14(19)21-15(2,3)4/h12-13H,5-10H2,1-4H3. The van der Waals surface area contributed by atoms with Crippen LogP contribution in [0.4, 0.5) is 0 Å². The fourth-order valence-electron chi connectivity index (χ4n) is 3.19. The Labute approximate surface area is 127 Å². The van der Waals surface area contributed by atoms with E-state index in [1.54, 1.807) is 4.90 Å². The van der Waals surface area contributed by atoms with Crippen molar-refractivity contribution < 1.29 is 14.3 Å². The number of rotatable bonds is 4. The van der Waals surface area contributed by atoms with E-state index in [0.717, 1.165) is 32.5 Å². The summed E-state index contributed by atoms with van der Waals surface area (Å²) in [5.74, 6) is -0.276. The maximum atomic E-state index is 12.3. The van der Waals surface area contributed by atoms with Crippen molar-refractivity contribution in [1.82, 2.24) is 4.90 Å². The van der Waals surface area contributed by atoms with Crippen molar-refractivity contribution in [2.24, 2.45) is 5.41 Å². The van der Waals surface area contributed by atoms with Gasteiger partial charge in [0.2, 0.25) is 0 Å². The monoisotopic (exact) mass is 294 g/mol. The molecule has 0 bridgehead atoms. The lowest BCUT2D eigenvalue weighted by Gasteiger charge is -2.43. The minimum absolute atomic E-state index is 0.136. The molecule has 2 atom stereocenters. The van der Waals surface area contributed by atoms with Gasteiger partial charge in [-0.05, 0) is 46.5 Å². The van der Waals surface area contributed by atoms with Crippen LogP contribution >= 0.6 is 0 Å². The first-order valence-corrected chi connectivity index (χ1v) is 7.79. The molecule has 0 saturated carbocycles. The molecule has 2 saturated heterocycles. The third-order valence-electron chi connectivity index (χ3n) is 4.53. The van der Waals surface area contributed by atoms with Crippen LogP contribution in [-0.2, 0) is 14.3 Å². The van der Waals surface area contributed by atoms with Gasteiger partial charge in [-0.25, -0.2) is 4.79 Å². The number of hydrogen-bond acceptors (Lipinski definition) is 5. The summed E-state index contributed by atoms with van der Waals surface area (Å²) in [6, 6.07) is -0.287. The van der Waals surface area contributed by atoms with Crippen molar-refractivity contribution in [3.63, 3.8) is 0 Å². The molecule has 0 N–H and O–H groups in total. The lowest BCUT2D eigenvalue weighted by atomic mass is 9.77. The van der Waals surface area contributed by atoms with Gasteiger partial charge in [-0.15, -0.1) is 0 Å². The number of carbonyl (C=O) groups excluding carboxylic acids is 1. The molecule has 2 aliphatic heterocycles. The molecular weight excluding hydrogens is 268 g/mol. The average molecular weight is 294 g/mol. The van der Waals surface area contributed by atoms with Crippen LogP contribution in [0.25, 0.3) is 0 Å². The van der Waals surface area contributed by atoms with E-state index in [1.165, 1.54) is 0 Å². The second-order valence-corrected chi connectivity index (χ2v) is 7.34. The fraction of sp³-hybridized carbons (Fsp3) is 0.875. The Hall–Kier alpha value is -1.28. The summed E-state index contributed by atoms with van der Waals surface area (Å²) in [6.07, 6.45) is 5.78. The van der Waals surface area contributed by atoms with E-state index in [-0.39, 0.29) is 17.4 Å². The zero-order valence-corrected chi connectivity index (χ0v) is 13.5. The van der Waals surface area contributed by atoms with Crippen LogP contribution in [0.1, 0.15) is 53.4 Å². The van der Waals surface area contributed by atoms with Gasteiger partial charge in [0.25, 0.3) is 0 Å². The van der Waals surface area contributed by atoms with Gasteiger partial charge in [-0.1, -0.05) is 6.92 Å². The number of carbonyl (C=O) groups is 1. The van der Waals surface area contributed by atoms with Crippen LogP contribution in [0.2, 0.25) is 0 Å². The predicted molar refractivity (Wildman–Crippen MR) is 78.3 cm³/mol. The van der Waals surface area contributed by atoms with Crippen molar-refractivity contribution in [3.05, 3.63) is 0 Å². The molecule has 2 rings (SSSR count). The van der Waals surface area contributed by atoms with E-state index in [1.807, 2.05) is 20.8 Å². The maximum absolute atomic E-state index is 12.3. The maximum Gasteiger partial charge on any atom is 0.330 e. The van der Waals surface area contributed by atoms with Gasteiger partial charge in [0, 0.05) is 11.5 Å². The Morgan fingerprint density at radius 2 is 2.10 bits per heavy atom. The largest absolute Gasteiger partial charge is 0.458 e. The normalized spacial score (nSPS) is 27.9. The molecule has 0 spiro atoms. The molecule has 0 aromatic carbocycles. The summed E-state index contributed by atoms with van der Waals surface area (Å²) in [7, 11) is 0. The first-order chi connectivity index (χ1) is 9.80. The molecule has 21 heavy (non-hydrogen) atoms. The molecule has 2 fully saturated rings. The first-order valence-electron chi connectivity index (χ1n) is 7.79. The van der Waals surface area contributed by atoms with Crippen LogP contribution in [0.5, 0.6) is 0 Å². The zero-order chi connectivity index (χ0) is 15.7. The van der Waals surface area contributed by atoms with Crippen LogP contribution in [0.3, 0.4) is 0 Å². The van der Waals surface area contributed by atoms with Gasteiger partial charge in [0.15, 0.2) is 6.19 Å². The second-order valence-electron chi connectivity index (χ2n) is 7.34. The number of ether oxygens (including phenoxy) is 2. The van der Waals surface area contributed by atoms with E-state index in [4.69, 9.17) is 9.47 Å². The lowest BCUT2D eigenvalue weighted by molar-refractivity contribution is -0.160. The van der Waals surface area contributed by atoms with Gasteiger partial charge in [0.1, 0.15) is 11.6 Å². The van der Waals surface area contributed by atoms with Crippen LogP contribution in [0.15, 0.2) is 0 Å². The van der Waals surface area contributed by atoms with Crippen molar-refractivity contribution >= 4 is 5.97 Å². The summed E-state index contributed by atoms with van der Waals surface area (Å²) >= 11 is 0. The van der Waals surface area contributed by atoms with Crippen LogP contribution in [0, 0.1) is 16.9 Å². The van der Waals surface area contributed by atoms with Crippen molar-refractivity contribution in [2.45, 2.75) is 71.1 Å². The Kier molecular flexibility index (Phi) is 4.48. The molecule has 5 nitrogen and oxygen atoms in total. The number of hydrogen-bond donors (Lipinski definition) is 0. The van der Waals surface area contributed by atoms with E-state index in [2.05, 4.69) is 13.1 Å². The Morgan fingerprint density at radius 3 is 2.52 bits per heavy atom. The highest BCUT2D eigenvalue weighted by atomic mass is 16.6. The highest BCUT2D eigenvalue weighted by molar-refractivity contribution is 5.77. The van der Waals surface area contributed by atoms with Crippen molar-refractivity contribution in [3.8, 4) is 6.19 Å². The van der Waals surface area contributed by atoms with E-state index >= 15 is 0 Å². The lowest BCUT2D eigenvalue weighted by Crippen LogP contribution is -2.48. The molecule has 2 heterocycles. The molecule has 0 radical (unpaired) electrons. The summed E-state index contributed by atoms with van der Waals surface area (Å²) in [5, 5.41) is 9.45. The van der Waals surface area contributed by atoms with E-state index < -0.39 is 11.6 Å². The van der Waals surface area contributed by atoms with Gasteiger partial charge < -0.3 is 9.47 Å². The number of esters is 1. The molecule has 0 amide bonds. The van der Waals surface area contributed by atoms with Gasteiger partial charge in [0.05, 0.1) is 13.2 Å². The number of nitriles is 1. The smallest absolute Gasteiger partial charge is 0.330 e. The minimum Gasteiger partial charge on any atom is -0.458 e. The van der Waals surface area contributed by atoms with E-state index in [9.17, 15) is 10.1 Å². The summed E-state index contributed by atoms with van der Waals surface area (Å²) in [4.78, 5) is 13.9. The summed E-state index contributed by atoms with van der Waals surface area (Å²) in [6.45, 7) is 9.27. The van der Waals surface area contributed by atoms with E-state index in [0.29, 0.717) is 6.42 Å². The third kappa shape index (κ3) is 3.49. The van der Waals surface area contributed by atoms with Gasteiger partial charge in [-0.3, -0.25) is 4.90 Å². The molecule has 2 aliphatic rings. The fourth-order valence-corrected chi connectivity index (χ4v) is 3.19. The Bertz CT molecular complexity index is 426. The molecule has 0 aromatic rings. The predicted octanol–water partition coefficient (Wildman–Crippen LogP) is 2.46. The minimum atomic E-state index is -0.511. The number of likely N-dealkylation sites (tertiary alicyclic amines) is 1. The zero-order valence-electron chi connectivity index (χ0n) is 13.5. The summed E-state index contributed by atoms with van der Waals surface area (Å²) in [5.41, 5.74) is -0.314. The van der Waals surface area contributed by atoms with Gasteiger partial charge >= 0.3 is 5.97 Å². The Balaban J connectivity index is 2.01. The summed E-state index contributed by atoms with van der Waals surface area (Å²) < 4.78 is 10.8. The molecular formula is C16H26N2O3. The van der Waals surface area contributed by atoms with Crippen LogP contribution in [-0.4, -0.2) is 41.8 Å². The molecule has 5 heteroatoms. The van der Waals surface area contributed by atoms with Crippen molar-refractivity contribution in [2.75, 3.05) is 13.2 Å². The highest BCUT2D eigenvalue weighted by Crippen LogP contribution is 2.40. The molecule has 2 unspecified atom stereocenters. The van der Waals surface area contributed by atoms with Crippen molar-refractivity contribution in [1.29, 1.82) is 5.26 Å². The van der Waals surface area contributed by atoms with Gasteiger partial charge in [-0.2, -0.15) is 5.26 Å². The number of nitrogens with zero attached hydrogens (tertiary/aromatic N) is 2. The first kappa shape index (κ1) is 16.1. The third-order valence-corrected chi connectivity index (χ3v) is 4.53. The highest BCUT2D eigenvalue weighted by Gasteiger charge is 2.45. The average Bonchev–Trinajstić information content (AvgIpc) is 2.74. The molecule has 0 aromatic heterocycles. The topological polar surface area (TPSA) is 62.6 Å². The Morgan fingerprint density at radius 1 is 1.43 bits per heavy atom. The SMILES string of the molecule is CCC1(CC2CCC(C(=O)OC(C)(C)C)N2C#N)COC1. The molecule has 0 aliphatic carbocycles. The second kappa shape index (κ2) is 5.84. The molecule has 118 valence electrons.